The highest BCUT2D eigenvalue weighted by Crippen LogP contribution is 2.41. The number of pyridine rings is 1. The molecular weight excluding hydrogens is 544 g/mol. The Hall–Kier alpha value is -2.86. The number of nitrogen functional groups attached to an aromatic ring is 1. The van der Waals surface area contributed by atoms with Crippen LogP contribution in [0.2, 0.25) is 10.0 Å². The van der Waals surface area contributed by atoms with Crippen LogP contribution in [-0.2, 0) is 10.0 Å². The van der Waals surface area contributed by atoms with Crippen molar-refractivity contribution in [2.75, 3.05) is 25.1 Å². The molecular formula is C24H24Cl2FN5O4S. The average Bonchev–Trinajstić information content (AvgIpc) is 3.50. The van der Waals surface area contributed by atoms with Crippen LogP contribution in [0.4, 0.5) is 10.2 Å². The average molecular weight is 568 g/mol. The number of hydrogen-bond donors (Lipinski definition) is 1. The molecule has 1 aromatic carbocycles. The third-order valence-corrected chi connectivity index (χ3v) is 8.58. The van der Waals surface area contributed by atoms with Crippen molar-refractivity contribution in [1.29, 1.82) is 0 Å². The summed E-state index contributed by atoms with van der Waals surface area (Å²) in [4.78, 5) is 4.27. The number of anilines is 1. The summed E-state index contributed by atoms with van der Waals surface area (Å²) in [6.07, 6.45) is 8.59. The lowest BCUT2D eigenvalue weighted by Gasteiger charge is -2.30. The number of halogens is 3. The quantitative estimate of drug-likeness (QED) is 0.307. The molecule has 1 unspecified atom stereocenters. The summed E-state index contributed by atoms with van der Waals surface area (Å²) in [5.41, 5.74) is 8.30. The van der Waals surface area contributed by atoms with Crippen molar-refractivity contribution in [1.82, 2.24) is 19.1 Å². The van der Waals surface area contributed by atoms with E-state index < -0.39 is 21.9 Å². The molecule has 2 N–H and O–H groups in total. The highest BCUT2D eigenvalue weighted by molar-refractivity contribution is 7.88. The molecule has 3 aromatic heterocycles. The highest BCUT2D eigenvalue weighted by atomic mass is 35.5. The van der Waals surface area contributed by atoms with Crippen LogP contribution in [0, 0.1) is 5.82 Å². The van der Waals surface area contributed by atoms with E-state index >= 15 is 0 Å². The van der Waals surface area contributed by atoms with Gasteiger partial charge in [0.15, 0.2) is 11.4 Å². The van der Waals surface area contributed by atoms with E-state index in [4.69, 9.17) is 38.1 Å². The Bertz CT molecular complexity index is 1580. The summed E-state index contributed by atoms with van der Waals surface area (Å²) in [7, 11) is -3.20. The molecule has 4 aromatic rings. The fraction of sp³-hybridized carbons (Fsp3) is 0.333. The zero-order valence-electron chi connectivity index (χ0n) is 20.0. The number of hydrogen-bond acceptors (Lipinski definition) is 7. The number of benzene rings is 1. The molecule has 4 heterocycles. The monoisotopic (exact) mass is 567 g/mol. The first-order valence-electron chi connectivity index (χ1n) is 11.5. The van der Waals surface area contributed by atoms with Gasteiger partial charge in [0, 0.05) is 47.2 Å². The number of rotatable bonds is 6. The molecule has 1 atom stereocenters. The number of aromatic nitrogens is 3. The Labute approximate surface area is 223 Å². The van der Waals surface area contributed by atoms with Gasteiger partial charge < -0.3 is 14.9 Å². The van der Waals surface area contributed by atoms with E-state index in [1.807, 2.05) is 10.9 Å². The van der Waals surface area contributed by atoms with Crippen molar-refractivity contribution in [2.45, 2.75) is 31.9 Å². The van der Waals surface area contributed by atoms with E-state index in [9.17, 15) is 12.8 Å². The summed E-state index contributed by atoms with van der Waals surface area (Å²) in [5, 5.41) is 5.29. The minimum Gasteiger partial charge on any atom is -0.478 e. The summed E-state index contributed by atoms with van der Waals surface area (Å²) in [6.45, 7) is 2.58. The van der Waals surface area contributed by atoms with Crippen LogP contribution in [0.5, 0.6) is 5.75 Å². The lowest BCUT2D eigenvalue weighted by atomic mass is 10.1. The standard InChI is InChI=1S/C24H24Cl2FN5O4S/c1-13(20-18(25)3-4-19(27)21(20)26)36-23-22-16(10-29-24(23)28)17(12-35-22)14-9-30-32(11-14)15-5-7-31(8-6-15)37(2,33)34/h3-4,9-13,15H,5-8H2,1-2H3,(H2,28,29). The number of ether oxygens (including phenoxy) is 1. The van der Waals surface area contributed by atoms with Gasteiger partial charge in [0.05, 0.1) is 28.9 Å². The molecule has 0 aliphatic carbocycles. The number of furan rings is 1. The lowest BCUT2D eigenvalue weighted by Crippen LogP contribution is -2.38. The smallest absolute Gasteiger partial charge is 0.211 e. The topological polar surface area (TPSA) is 116 Å². The summed E-state index contributed by atoms with van der Waals surface area (Å²) in [6, 6.07) is 2.68. The highest BCUT2D eigenvalue weighted by Gasteiger charge is 2.27. The third kappa shape index (κ3) is 4.88. The van der Waals surface area contributed by atoms with E-state index in [2.05, 4.69) is 10.1 Å². The van der Waals surface area contributed by atoms with E-state index in [1.54, 1.807) is 25.6 Å². The van der Waals surface area contributed by atoms with Crippen LogP contribution in [0.3, 0.4) is 0 Å². The number of piperidine rings is 1. The van der Waals surface area contributed by atoms with E-state index in [1.165, 1.54) is 22.7 Å². The first-order chi connectivity index (χ1) is 17.5. The van der Waals surface area contributed by atoms with E-state index in [0.29, 0.717) is 36.9 Å². The van der Waals surface area contributed by atoms with Gasteiger partial charge in [-0.05, 0) is 31.9 Å². The van der Waals surface area contributed by atoms with E-state index in [0.717, 1.165) is 11.1 Å². The van der Waals surface area contributed by atoms with Gasteiger partial charge in [-0.15, -0.1) is 0 Å². The summed E-state index contributed by atoms with van der Waals surface area (Å²) >= 11 is 12.4. The predicted molar refractivity (Wildman–Crippen MR) is 140 cm³/mol. The maximum Gasteiger partial charge on any atom is 0.211 e. The van der Waals surface area contributed by atoms with Crippen LogP contribution in [0.15, 0.2) is 41.4 Å². The molecule has 37 heavy (non-hydrogen) atoms. The van der Waals surface area contributed by atoms with Gasteiger partial charge in [-0.3, -0.25) is 4.68 Å². The van der Waals surface area contributed by atoms with Crippen LogP contribution >= 0.6 is 23.2 Å². The maximum absolute atomic E-state index is 14.1. The Balaban J connectivity index is 1.42. The predicted octanol–water partition coefficient (Wildman–Crippen LogP) is 5.46. The van der Waals surface area contributed by atoms with Crippen molar-refractivity contribution in [3.05, 3.63) is 58.4 Å². The second-order valence-electron chi connectivity index (χ2n) is 8.98. The molecule has 0 amide bonds. The lowest BCUT2D eigenvalue weighted by molar-refractivity contribution is 0.227. The molecule has 5 rings (SSSR count). The fourth-order valence-electron chi connectivity index (χ4n) is 4.58. The Morgan fingerprint density at radius 2 is 1.97 bits per heavy atom. The molecule has 1 aliphatic rings. The molecule has 0 radical (unpaired) electrons. The van der Waals surface area contributed by atoms with Gasteiger partial charge in [0.2, 0.25) is 15.8 Å². The molecule has 13 heteroatoms. The largest absolute Gasteiger partial charge is 0.478 e. The normalized spacial score (nSPS) is 16.4. The SMILES string of the molecule is CC(Oc1c(N)ncc2c(-c3cnn(C4CCN(S(C)(=O)=O)CC4)c3)coc12)c1c(Cl)ccc(F)c1Cl. The van der Waals surface area contributed by atoms with Gasteiger partial charge >= 0.3 is 0 Å². The van der Waals surface area contributed by atoms with Crippen molar-refractivity contribution < 1.29 is 22.0 Å². The molecule has 1 aliphatic heterocycles. The van der Waals surface area contributed by atoms with Crippen molar-refractivity contribution >= 4 is 50.0 Å². The zero-order chi connectivity index (χ0) is 26.5. The van der Waals surface area contributed by atoms with Crippen molar-refractivity contribution in [2.24, 2.45) is 0 Å². The molecule has 1 saturated heterocycles. The number of nitrogens with zero attached hydrogens (tertiary/aromatic N) is 4. The molecule has 1 fully saturated rings. The Morgan fingerprint density at radius 3 is 2.68 bits per heavy atom. The van der Waals surface area contributed by atoms with Gasteiger partial charge in [-0.2, -0.15) is 5.10 Å². The van der Waals surface area contributed by atoms with Gasteiger partial charge in [-0.25, -0.2) is 22.1 Å². The molecule has 196 valence electrons. The summed E-state index contributed by atoms with van der Waals surface area (Å²) in [5.74, 6) is -0.328. The number of sulfonamides is 1. The van der Waals surface area contributed by atoms with Gasteiger partial charge in [0.25, 0.3) is 0 Å². The van der Waals surface area contributed by atoms with Crippen LogP contribution in [0.1, 0.15) is 37.5 Å². The third-order valence-electron chi connectivity index (χ3n) is 6.56. The summed E-state index contributed by atoms with van der Waals surface area (Å²) < 4.78 is 52.9. The first kappa shape index (κ1) is 25.8. The molecule has 0 saturated carbocycles. The molecule has 0 spiro atoms. The van der Waals surface area contributed by atoms with Crippen molar-refractivity contribution in [3.8, 4) is 16.9 Å². The first-order valence-corrected chi connectivity index (χ1v) is 14.1. The van der Waals surface area contributed by atoms with Crippen LogP contribution in [-0.4, -0.2) is 46.8 Å². The fourth-order valence-corrected chi connectivity index (χ4v) is 6.14. The van der Waals surface area contributed by atoms with Crippen LogP contribution < -0.4 is 10.5 Å². The number of fused-ring (bicyclic) bond motifs is 1. The second kappa shape index (κ2) is 9.79. The van der Waals surface area contributed by atoms with Gasteiger partial charge in [0.1, 0.15) is 18.2 Å². The maximum atomic E-state index is 14.1. The number of nitrogens with two attached hydrogens (primary N) is 1. The zero-order valence-corrected chi connectivity index (χ0v) is 22.3. The minimum absolute atomic E-state index is 0.0826. The molecule has 0 bridgehead atoms. The van der Waals surface area contributed by atoms with Crippen LogP contribution in [0.25, 0.3) is 22.1 Å². The second-order valence-corrected chi connectivity index (χ2v) is 11.8. The Kier molecular flexibility index (Phi) is 6.82. The minimum atomic E-state index is -3.20. The van der Waals surface area contributed by atoms with E-state index in [-0.39, 0.29) is 33.2 Å². The Morgan fingerprint density at radius 1 is 1.24 bits per heavy atom. The van der Waals surface area contributed by atoms with Crippen molar-refractivity contribution in [3.63, 3.8) is 0 Å². The molecule has 9 nitrogen and oxygen atoms in total. The van der Waals surface area contributed by atoms with Gasteiger partial charge in [-0.1, -0.05) is 23.2 Å².